The van der Waals surface area contributed by atoms with E-state index in [1.54, 1.807) is 18.2 Å². The number of nitrogens with zero attached hydrogens (tertiary/aromatic N) is 2. The number of aromatic nitrogens is 1. The third-order valence-corrected chi connectivity index (χ3v) is 14.5. The highest BCUT2D eigenvalue weighted by molar-refractivity contribution is 7.90. The molecule has 2 aliphatic carbocycles. The van der Waals surface area contributed by atoms with Gasteiger partial charge in [-0.15, -0.1) is 0 Å². The van der Waals surface area contributed by atoms with Crippen LogP contribution >= 0.6 is 0 Å². The van der Waals surface area contributed by atoms with Crippen LogP contribution < -0.4 is 14.2 Å². The minimum absolute atomic E-state index is 0.00774. The molecule has 0 unspecified atom stereocenters. The van der Waals surface area contributed by atoms with Gasteiger partial charge in [0.2, 0.25) is 33.3 Å². The van der Waals surface area contributed by atoms with Crippen molar-refractivity contribution in [2.75, 3.05) is 20.8 Å². The molecule has 1 aromatic carbocycles. The number of methoxy groups -OCH3 is 2. The Kier molecular flexibility index (Phi) is 13.2. The molecule has 2 amide bonds. The third-order valence-electron chi connectivity index (χ3n) is 12.7. The minimum atomic E-state index is -4.89. The quantitative estimate of drug-likeness (QED) is 0.198. The predicted octanol–water partition coefficient (Wildman–Crippen LogP) is 6.25. The number of ether oxygens (including phenoxy) is 4. The second-order valence-corrected chi connectivity index (χ2v) is 19.4. The molecule has 1 saturated heterocycles. The number of nitrogens with one attached hydrogen (secondary N) is 1. The van der Waals surface area contributed by atoms with Crippen LogP contribution in [0.2, 0.25) is 0 Å². The molecule has 0 radical (unpaired) electrons. The molecule has 2 aliphatic heterocycles. The highest BCUT2D eigenvalue weighted by atomic mass is 32.2. The summed E-state index contributed by atoms with van der Waals surface area (Å²) in [7, 11) is -1.29. The Morgan fingerprint density at radius 3 is 2.41 bits per heavy atom. The number of rotatable bonds is 11. The number of carbonyl (C=O) groups is 5. The van der Waals surface area contributed by atoms with E-state index < -0.39 is 105 Å². The molecule has 0 spiro atoms. The number of esters is 2. The number of alkyl halides is 3. The van der Waals surface area contributed by atoms with E-state index >= 15 is 4.79 Å². The van der Waals surface area contributed by atoms with Gasteiger partial charge in [-0.3, -0.25) is 23.9 Å². The molecule has 3 heterocycles. The van der Waals surface area contributed by atoms with Crippen LogP contribution in [0.4, 0.5) is 13.2 Å². The van der Waals surface area contributed by atoms with Crippen molar-refractivity contribution in [3.8, 4) is 11.6 Å². The van der Waals surface area contributed by atoms with E-state index in [-0.39, 0.29) is 36.7 Å². The Morgan fingerprint density at radius 1 is 1.05 bits per heavy atom. The van der Waals surface area contributed by atoms with E-state index in [2.05, 4.69) is 9.71 Å². The number of Topliss-reactive ketones (excluding diaryl/α,β-unsaturated/α-hetero) is 1. The number of ketones is 1. The number of amides is 2. The summed E-state index contributed by atoms with van der Waals surface area (Å²) in [6.07, 6.45) is 1.06. The van der Waals surface area contributed by atoms with E-state index in [0.29, 0.717) is 55.0 Å². The van der Waals surface area contributed by atoms with Gasteiger partial charge in [0, 0.05) is 29.8 Å². The Hall–Kier alpha value is -4.74. The molecule has 6 rings (SSSR count). The third kappa shape index (κ3) is 9.83. The largest absolute Gasteiger partial charge is 0.497 e. The lowest BCUT2D eigenvalue weighted by Crippen LogP contribution is -2.48. The van der Waals surface area contributed by atoms with E-state index in [4.69, 9.17) is 18.9 Å². The first-order valence-corrected chi connectivity index (χ1v) is 22.3. The number of halogens is 3. The fraction of sp³-hybridized carbons (Fsp3) is 0.628. The molecule has 2 aromatic rings. The van der Waals surface area contributed by atoms with Gasteiger partial charge in [0.25, 0.3) is 0 Å². The van der Waals surface area contributed by atoms with Gasteiger partial charge in [0.15, 0.2) is 5.78 Å². The van der Waals surface area contributed by atoms with Gasteiger partial charge in [-0.25, -0.2) is 18.2 Å². The first kappa shape index (κ1) is 45.8. The van der Waals surface area contributed by atoms with Crippen molar-refractivity contribution in [3.05, 3.63) is 42.1 Å². The van der Waals surface area contributed by atoms with E-state index in [1.165, 1.54) is 25.3 Å². The lowest BCUT2D eigenvalue weighted by atomic mass is 9.79. The highest BCUT2D eigenvalue weighted by Gasteiger charge is 2.62. The standard InChI is InChI=1S/C43H54F3N3O11S/c1-7-25-16-24(2)10-8-9-11-26-20-42(26,40(54)48-61(55,56)29-13-14-29)21-35(50)34-18-28(23-49(34)38(52)31(25)19-36(51)60-41(3,4)43(44,45)46)59-37-30-15-12-27(57-5)17-32(30)33(22-47-37)39(53)58-6/h9,11-12,15,17,22,24-26,28-29,31,34H,7-8,10,13-14,16,18-21,23H2,1-6H3,(H,48,54)/b11-9-/t24-,25-,26-,28-,31+,34+,42-/m1/s1. The molecule has 0 bridgehead atoms. The second-order valence-electron chi connectivity index (χ2n) is 17.5. The van der Waals surface area contributed by atoms with Crippen LogP contribution in [0.3, 0.4) is 0 Å². The molecule has 7 atom stereocenters. The van der Waals surface area contributed by atoms with Gasteiger partial charge in [-0.1, -0.05) is 32.4 Å². The number of benzene rings is 1. The Balaban J connectivity index is 1.39. The van der Waals surface area contributed by atoms with Crippen LogP contribution in [-0.2, 0) is 38.7 Å². The average molecular weight is 878 g/mol. The number of sulfonamides is 1. The van der Waals surface area contributed by atoms with Gasteiger partial charge in [-0.05, 0) is 88.3 Å². The van der Waals surface area contributed by atoms with Gasteiger partial charge in [0.1, 0.15) is 11.9 Å². The zero-order chi connectivity index (χ0) is 44.7. The lowest BCUT2D eigenvalue weighted by molar-refractivity contribution is -0.257. The van der Waals surface area contributed by atoms with Gasteiger partial charge in [0.05, 0.1) is 55.4 Å². The predicted molar refractivity (Wildman–Crippen MR) is 215 cm³/mol. The maximum Gasteiger partial charge on any atom is 0.427 e. The van der Waals surface area contributed by atoms with Crippen molar-refractivity contribution in [2.45, 2.75) is 121 Å². The van der Waals surface area contributed by atoms with Gasteiger partial charge in [-0.2, -0.15) is 13.2 Å². The molecule has 14 nitrogen and oxygen atoms in total. The smallest absolute Gasteiger partial charge is 0.427 e. The van der Waals surface area contributed by atoms with Crippen LogP contribution in [0.1, 0.15) is 102 Å². The summed E-state index contributed by atoms with van der Waals surface area (Å²) in [4.78, 5) is 75.4. The maximum atomic E-state index is 15.0. The Bertz CT molecular complexity index is 2190. The summed E-state index contributed by atoms with van der Waals surface area (Å²) in [6.45, 7) is 5.04. The van der Waals surface area contributed by atoms with Crippen molar-refractivity contribution in [2.24, 2.45) is 29.1 Å². The molecule has 3 fully saturated rings. The van der Waals surface area contributed by atoms with Crippen molar-refractivity contribution < 1.29 is 64.5 Å². The van der Waals surface area contributed by atoms with E-state index in [9.17, 15) is 40.8 Å². The lowest BCUT2D eigenvalue weighted by Gasteiger charge is -2.34. The normalized spacial score (nSPS) is 28.1. The van der Waals surface area contributed by atoms with Crippen LogP contribution in [0.5, 0.6) is 11.6 Å². The molecule has 18 heteroatoms. The Morgan fingerprint density at radius 2 is 1.77 bits per heavy atom. The monoisotopic (exact) mass is 877 g/mol. The van der Waals surface area contributed by atoms with E-state index in [1.807, 2.05) is 26.0 Å². The fourth-order valence-electron chi connectivity index (χ4n) is 8.65. The van der Waals surface area contributed by atoms with Gasteiger partial charge < -0.3 is 23.8 Å². The summed E-state index contributed by atoms with van der Waals surface area (Å²) in [5.41, 5.74) is -4.13. The van der Waals surface area contributed by atoms with Crippen molar-refractivity contribution >= 4 is 50.3 Å². The first-order valence-electron chi connectivity index (χ1n) is 20.7. The first-order chi connectivity index (χ1) is 28.6. The summed E-state index contributed by atoms with van der Waals surface area (Å²) in [5, 5.41) is 0.0856. The summed E-state index contributed by atoms with van der Waals surface area (Å²) >= 11 is 0. The Labute approximate surface area is 353 Å². The molecule has 1 N–H and O–H groups in total. The molecule has 4 aliphatic rings. The molecule has 1 aromatic heterocycles. The van der Waals surface area contributed by atoms with E-state index in [0.717, 1.165) is 13.8 Å². The topological polar surface area (TPSA) is 185 Å². The number of allylic oxidation sites excluding steroid dienone is 2. The zero-order valence-electron chi connectivity index (χ0n) is 35.2. The maximum absolute atomic E-state index is 15.0. The number of pyridine rings is 1. The zero-order valence-corrected chi connectivity index (χ0v) is 36.0. The molecule has 334 valence electrons. The SMILES string of the molecule is CC[C@@H]1C[C@H](C)CC/C=C\[C@@H]2C[C@@]2(C(=O)NS(=O)(=O)C2CC2)CC(=O)[C@@H]2C[C@@H](Oc3ncc(C(=O)OC)c4cc(OC)ccc34)CN2C(=O)[C@H]1CC(=O)OC(C)(C)C(F)(F)F. The number of hydrogen-bond donors (Lipinski definition) is 1. The van der Waals surface area contributed by atoms with Crippen LogP contribution in [0, 0.1) is 29.1 Å². The van der Waals surface area contributed by atoms with Crippen molar-refractivity contribution in [1.82, 2.24) is 14.6 Å². The minimum Gasteiger partial charge on any atom is -0.497 e. The summed E-state index contributed by atoms with van der Waals surface area (Å²) in [5.74, 6) is -5.57. The van der Waals surface area contributed by atoms with Crippen LogP contribution in [0.25, 0.3) is 10.8 Å². The average Bonchev–Trinajstić information content (AvgIpc) is 4.13. The number of carbonyl (C=O) groups excluding carboxylic acids is 5. The number of fused-ring (bicyclic) bond motifs is 3. The van der Waals surface area contributed by atoms with Crippen LogP contribution in [-0.4, -0.2) is 97.8 Å². The molecular weight excluding hydrogens is 824 g/mol. The van der Waals surface area contributed by atoms with Crippen molar-refractivity contribution in [1.29, 1.82) is 0 Å². The van der Waals surface area contributed by atoms with Crippen molar-refractivity contribution in [3.63, 3.8) is 0 Å². The molecular formula is C43H54F3N3O11S. The summed E-state index contributed by atoms with van der Waals surface area (Å²) in [6, 6.07) is 3.63. The second kappa shape index (κ2) is 17.6. The number of hydrogen-bond acceptors (Lipinski definition) is 12. The molecule has 61 heavy (non-hydrogen) atoms. The molecule has 2 saturated carbocycles. The van der Waals surface area contributed by atoms with Gasteiger partial charge >= 0.3 is 18.1 Å². The summed E-state index contributed by atoms with van der Waals surface area (Å²) < 4.78 is 91.4. The highest BCUT2D eigenvalue weighted by Crippen LogP contribution is 2.57. The fourth-order valence-corrected chi connectivity index (χ4v) is 10.0. The van der Waals surface area contributed by atoms with Crippen LogP contribution in [0.15, 0.2) is 36.5 Å².